The molecule has 0 aliphatic rings. The van der Waals surface area contributed by atoms with E-state index in [1.807, 2.05) is 0 Å². The van der Waals surface area contributed by atoms with Gasteiger partial charge in [-0.05, 0) is 31.0 Å². The summed E-state index contributed by atoms with van der Waals surface area (Å²) < 4.78 is 13.3. The number of aryl methyl sites for hydroxylation is 2. The summed E-state index contributed by atoms with van der Waals surface area (Å²) in [5.41, 5.74) is 0.974. The number of aliphatic carboxylic acids is 1. The summed E-state index contributed by atoms with van der Waals surface area (Å²) in [6.45, 7) is 3.27. The van der Waals surface area contributed by atoms with Crippen LogP contribution in [0.25, 0.3) is 0 Å². The van der Waals surface area contributed by atoms with Crippen LogP contribution in [0.2, 0.25) is 0 Å². The normalized spacial score (nSPS) is 12.6. The van der Waals surface area contributed by atoms with E-state index in [0.29, 0.717) is 11.1 Å². The SMILES string of the molecule is Cc1cc(C)c(C(O)C(=O)O)c(F)c1. The number of carbonyl (C=O) groups is 1. The third kappa shape index (κ3) is 1.90. The topological polar surface area (TPSA) is 57.5 Å². The van der Waals surface area contributed by atoms with Crippen molar-refractivity contribution >= 4 is 5.97 Å². The number of benzene rings is 1. The van der Waals surface area contributed by atoms with Crippen LogP contribution in [0.3, 0.4) is 0 Å². The molecule has 76 valence electrons. The Kier molecular flexibility index (Phi) is 2.86. The van der Waals surface area contributed by atoms with Crippen LogP contribution in [0.4, 0.5) is 4.39 Å². The third-order valence-corrected chi connectivity index (χ3v) is 1.99. The van der Waals surface area contributed by atoms with Crippen molar-refractivity contribution in [3.05, 3.63) is 34.6 Å². The zero-order valence-corrected chi connectivity index (χ0v) is 7.91. The Bertz CT molecular complexity index is 351. The fraction of sp³-hybridized carbons (Fsp3) is 0.300. The average Bonchev–Trinajstić information content (AvgIpc) is 2.01. The molecule has 14 heavy (non-hydrogen) atoms. The first-order valence-corrected chi connectivity index (χ1v) is 4.11. The van der Waals surface area contributed by atoms with Gasteiger partial charge in [0.15, 0.2) is 6.10 Å². The summed E-state index contributed by atoms with van der Waals surface area (Å²) in [6, 6.07) is 2.83. The van der Waals surface area contributed by atoms with Crippen LogP contribution >= 0.6 is 0 Å². The van der Waals surface area contributed by atoms with Crippen molar-refractivity contribution in [1.29, 1.82) is 0 Å². The molecule has 0 heterocycles. The molecule has 0 aromatic heterocycles. The monoisotopic (exact) mass is 198 g/mol. The second-order valence-electron chi connectivity index (χ2n) is 3.22. The molecular weight excluding hydrogens is 187 g/mol. The Morgan fingerprint density at radius 1 is 1.43 bits per heavy atom. The number of carboxylic acids is 1. The Hall–Kier alpha value is -1.42. The summed E-state index contributed by atoms with van der Waals surface area (Å²) in [5, 5.41) is 17.7. The van der Waals surface area contributed by atoms with Gasteiger partial charge in [-0.15, -0.1) is 0 Å². The molecular formula is C10H11FO3. The van der Waals surface area contributed by atoms with Crippen molar-refractivity contribution in [2.75, 3.05) is 0 Å². The maximum absolute atomic E-state index is 13.3. The number of hydrogen-bond donors (Lipinski definition) is 2. The Balaban J connectivity index is 3.27. The lowest BCUT2D eigenvalue weighted by Crippen LogP contribution is -2.14. The first-order valence-electron chi connectivity index (χ1n) is 4.11. The first-order chi connectivity index (χ1) is 6.43. The van der Waals surface area contributed by atoms with Gasteiger partial charge in [0.25, 0.3) is 0 Å². The van der Waals surface area contributed by atoms with Gasteiger partial charge in [-0.3, -0.25) is 0 Å². The molecule has 0 amide bonds. The number of aliphatic hydroxyl groups is 1. The molecule has 0 saturated heterocycles. The molecule has 1 unspecified atom stereocenters. The molecule has 0 aliphatic carbocycles. The summed E-state index contributed by atoms with van der Waals surface area (Å²) in [7, 11) is 0. The van der Waals surface area contributed by atoms with E-state index < -0.39 is 17.9 Å². The minimum atomic E-state index is -1.80. The highest BCUT2D eigenvalue weighted by atomic mass is 19.1. The summed E-state index contributed by atoms with van der Waals surface area (Å²) >= 11 is 0. The van der Waals surface area contributed by atoms with E-state index >= 15 is 0 Å². The van der Waals surface area contributed by atoms with Gasteiger partial charge in [-0.2, -0.15) is 0 Å². The van der Waals surface area contributed by atoms with Gasteiger partial charge in [0.05, 0.1) is 0 Å². The molecule has 3 nitrogen and oxygen atoms in total. The molecule has 1 aromatic rings. The van der Waals surface area contributed by atoms with Gasteiger partial charge in [0.1, 0.15) is 5.82 Å². The Morgan fingerprint density at radius 2 is 2.00 bits per heavy atom. The number of aliphatic hydroxyl groups excluding tert-OH is 1. The smallest absolute Gasteiger partial charge is 0.337 e. The fourth-order valence-electron chi connectivity index (χ4n) is 1.40. The maximum Gasteiger partial charge on any atom is 0.337 e. The average molecular weight is 198 g/mol. The second-order valence-corrected chi connectivity index (χ2v) is 3.22. The van der Waals surface area contributed by atoms with Crippen LogP contribution in [0.15, 0.2) is 12.1 Å². The van der Waals surface area contributed by atoms with Crippen LogP contribution in [0.5, 0.6) is 0 Å². The van der Waals surface area contributed by atoms with Gasteiger partial charge in [-0.1, -0.05) is 6.07 Å². The first kappa shape index (κ1) is 10.7. The molecule has 0 saturated carbocycles. The highest BCUT2D eigenvalue weighted by Gasteiger charge is 2.22. The molecule has 1 aromatic carbocycles. The predicted octanol–water partition coefficient (Wildman–Crippen LogP) is 1.56. The number of hydrogen-bond acceptors (Lipinski definition) is 2. The molecule has 0 aliphatic heterocycles. The van der Waals surface area contributed by atoms with Crippen molar-refractivity contribution < 1.29 is 19.4 Å². The summed E-state index contributed by atoms with van der Waals surface area (Å²) in [4.78, 5) is 10.5. The molecule has 4 heteroatoms. The minimum absolute atomic E-state index is 0.164. The van der Waals surface area contributed by atoms with Crippen molar-refractivity contribution in [2.45, 2.75) is 20.0 Å². The van der Waals surface area contributed by atoms with Gasteiger partial charge >= 0.3 is 5.97 Å². The van der Waals surface area contributed by atoms with Crippen molar-refractivity contribution in [2.24, 2.45) is 0 Å². The van der Waals surface area contributed by atoms with E-state index in [1.54, 1.807) is 19.9 Å². The number of carboxylic acid groups (broad SMARTS) is 1. The van der Waals surface area contributed by atoms with Crippen LogP contribution in [-0.4, -0.2) is 16.2 Å². The lowest BCUT2D eigenvalue weighted by Gasteiger charge is -2.11. The zero-order valence-electron chi connectivity index (χ0n) is 7.91. The highest BCUT2D eigenvalue weighted by molar-refractivity contribution is 5.74. The predicted molar refractivity (Wildman–Crippen MR) is 48.5 cm³/mol. The highest BCUT2D eigenvalue weighted by Crippen LogP contribution is 2.22. The second kappa shape index (κ2) is 3.75. The summed E-state index contributed by atoms with van der Waals surface area (Å²) in [6.07, 6.45) is -1.80. The number of rotatable bonds is 2. The molecule has 0 spiro atoms. The van der Waals surface area contributed by atoms with Crippen LogP contribution in [0, 0.1) is 19.7 Å². The fourth-order valence-corrected chi connectivity index (χ4v) is 1.40. The molecule has 0 radical (unpaired) electrons. The van der Waals surface area contributed by atoms with E-state index in [1.165, 1.54) is 6.07 Å². The van der Waals surface area contributed by atoms with Gasteiger partial charge in [0.2, 0.25) is 0 Å². The third-order valence-electron chi connectivity index (χ3n) is 1.99. The van der Waals surface area contributed by atoms with E-state index in [0.717, 1.165) is 0 Å². The standard InChI is InChI=1S/C10H11FO3/c1-5-3-6(2)8(7(11)4-5)9(12)10(13)14/h3-4,9,12H,1-2H3,(H,13,14). The van der Waals surface area contributed by atoms with Gasteiger partial charge in [-0.25, -0.2) is 9.18 Å². The lowest BCUT2D eigenvalue weighted by molar-refractivity contribution is -0.147. The van der Waals surface area contributed by atoms with Crippen LogP contribution < -0.4 is 0 Å². The lowest BCUT2D eigenvalue weighted by atomic mass is 10.0. The van der Waals surface area contributed by atoms with Gasteiger partial charge < -0.3 is 10.2 Å². The number of halogens is 1. The van der Waals surface area contributed by atoms with Crippen molar-refractivity contribution in [3.63, 3.8) is 0 Å². The minimum Gasteiger partial charge on any atom is -0.479 e. The quantitative estimate of drug-likeness (QED) is 0.758. The van der Waals surface area contributed by atoms with Gasteiger partial charge in [0, 0.05) is 5.56 Å². The van der Waals surface area contributed by atoms with Crippen LogP contribution in [0.1, 0.15) is 22.8 Å². The van der Waals surface area contributed by atoms with Crippen LogP contribution in [-0.2, 0) is 4.79 Å². The van der Waals surface area contributed by atoms with E-state index in [-0.39, 0.29) is 5.56 Å². The molecule has 1 rings (SSSR count). The van der Waals surface area contributed by atoms with Crippen molar-refractivity contribution in [3.8, 4) is 0 Å². The van der Waals surface area contributed by atoms with E-state index in [4.69, 9.17) is 5.11 Å². The molecule has 0 fully saturated rings. The summed E-state index contributed by atoms with van der Waals surface area (Å²) in [5.74, 6) is -2.13. The van der Waals surface area contributed by atoms with Crippen molar-refractivity contribution in [1.82, 2.24) is 0 Å². The largest absolute Gasteiger partial charge is 0.479 e. The van der Waals surface area contributed by atoms with E-state index in [9.17, 15) is 14.3 Å². The van der Waals surface area contributed by atoms with E-state index in [2.05, 4.69) is 0 Å². The molecule has 2 N–H and O–H groups in total. The molecule has 0 bridgehead atoms. The Morgan fingerprint density at radius 3 is 2.43 bits per heavy atom. The molecule has 1 atom stereocenters. The zero-order chi connectivity index (χ0) is 10.9. The maximum atomic E-state index is 13.3. The Labute approximate surface area is 80.8 Å².